The van der Waals surface area contributed by atoms with Crippen LogP contribution in [0.4, 0.5) is 0 Å². The Hall–Kier alpha value is -1.74. The van der Waals surface area contributed by atoms with Crippen molar-refractivity contribution in [3.8, 4) is 5.69 Å². The minimum atomic E-state index is -3.62. The van der Waals surface area contributed by atoms with E-state index in [1.165, 1.54) is 0 Å². The number of hydrogen-bond donors (Lipinski definition) is 2. The van der Waals surface area contributed by atoms with Crippen LogP contribution in [0, 0.1) is 0 Å². The summed E-state index contributed by atoms with van der Waals surface area (Å²) in [7, 11) is -3.62. The molecule has 0 aliphatic heterocycles. The monoisotopic (exact) mass is 365 g/mol. The molecule has 0 radical (unpaired) electrons. The van der Waals surface area contributed by atoms with Gasteiger partial charge in [0.15, 0.2) is 0 Å². The highest BCUT2D eigenvalue weighted by Crippen LogP contribution is 2.33. The Morgan fingerprint density at radius 2 is 1.96 bits per heavy atom. The molecular formula is C17H23N3O4S. The van der Waals surface area contributed by atoms with E-state index in [1.54, 1.807) is 47.4 Å². The molecule has 2 aromatic rings. The van der Waals surface area contributed by atoms with Gasteiger partial charge in [-0.3, -0.25) is 0 Å². The third kappa shape index (κ3) is 4.27. The number of aliphatic hydroxyl groups excluding tert-OH is 1. The van der Waals surface area contributed by atoms with Crippen LogP contribution in [-0.4, -0.2) is 48.7 Å². The number of rotatable bonds is 8. The molecule has 1 aliphatic carbocycles. The number of nitrogens with zero attached hydrogens (tertiary/aromatic N) is 2. The predicted octanol–water partition coefficient (Wildman–Crippen LogP) is 1.47. The quantitative estimate of drug-likeness (QED) is 0.739. The maximum absolute atomic E-state index is 12.6. The first-order valence-corrected chi connectivity index (χ1v) is 9.88. The van der Waals surface area contributed by atoms with Crippen LogP contribution in [0.3, 0.4) is 0 Å². The molecule has 8 heteroatoms. The standard InChI is InChI=1S/C17H23N3O4S/c21-12-13-24-17(8-1-2-9-17)14-19-25(22,23)16-6-4-15(5-7-16)20-11-3-10-18-20/h3-7,10-11,19,21H,1-2,8-9,12-14H2. The van der Waals surface area contributed by atoms with Gasteiger partial charge in [-0.05, 0) is 43.2 Å². The lowest BCUT2D eigenvalue weighted by molar-refractivity contribution is -0.0492. The summed E-state index contributed by atoms with van der Waals surface area (Å²) >= 11 is 0. The first-order valence-electron chi connectivity index (χ1n) is 8.39. The Kier molecular flexibility index (Phi) is 5.53. The van der Waals surface area contributed by atoms with Crippen LogP contribution in [0.5, 0.6) is 0 Å². The molecule has 2 N–H and O–H groups in total. The lowest BCUT2D eigenvalue weighted by Gasteiger charge is -2.29. The van der Waals surface area contributed by atoms with E-state index in [9.17, 15) is 8.42 Å². The van der Waals surface area contributed by atoms with Gasteiger partial charge < -0.3 is 9.84 Å². The first kappa shape index (κ1) is 18.1. The molecule has 1 saturated carbocycles. The van der Waals surface area contributed by atoms with Gasteiger partial charge in [0.1, 0.15) is 0 Å². The smallest absolute Gasteiger partial charge is 0.240 e. The summed E-state index contributed by atoms with van der Waals surface area (Å²) < 4.78 is 35.2. The van der Waals surface area contributed by atoms with Gasteiger partial charge in [-0.2, -0.15) is 5.10 Å². The van der Waals surface area contributed by atoms with E-state index in [0.717, 1.165) is 31.4 Å². The summed E-state index contributed by atoms with van der Waals surface area (Å²) in [5.41, 5.74) is 0.285. The molecule has 7 nitrogen and oxygen atoms in total. The summed E-state index contributed by atoms with van der Waals surface area (Å²) in [5, 5.41) is 13.1. The highest BCUT2D eigenvalue weighted by Gasteiger charge is 2.36. The van der Waals surface area contributed by atoms with Gasteiger partial charge in [-0.25, -0.2) is 17.8 Å². The lowest BCUT2D eigenvalue weighted by Crippen LogP contribution is -2.43. The fourth-order valence-corrected chi connectivity index (χ4v) is 4.28. The zero-order valence-electron chi connectivity index (χ0n) is 14.0. The number of sulfonamides is 1. The van der Waals surface area contributed by atoms with Crippen molar-refractivity contribution >= 4 is 10.0 Å². The average molecular weight is 365 g/mol. The average Bonchev–Trinajstić information content (AvgIpc) is 3.31. The van der Waals surface area contributed by atoms with Gasteiger partial charge in [-0.15, -0.1) is 0 Å². The summed E-state index contributed by atoms with van der Waals surface area (Å²) in [6, 6.07) is 8.37. The van der Waals surface area contributed by atoms with Crippen molar-refractivity contribution in [2.75, 3.05) is 19.8 Å². The van der Waals surface area contributed by atoms with E-state index >= 15 is 0 Å². The van der Waals surface area contributed by atoms with Gasteiger partial charge in [0, 0.05) is 18.9 Å². The SMILES string of the molecule is O=S(=O)(NCC1(OCCO)CCCC1)c1ccc(-n2cccn2)cc1. The molecule has 25 heavy (non-hydrogen) atoms. The zero-order chi connectivity index (χ0) is 17.8. The van der Waals surface area contributed by atoms with Crippen LogP contribution in [-0.2, 0) is 14.8 Å². The maximum atomic E-state index is 12.6. The molecule has 3 rings (SSSR count). The number of benzene rings is 1. The van der Waals surface area contributed by atoms with E-state index in [0.29, 0.717) is 0 Å². The van der Waals surface area contributed by atoms with Crippen LogP contribution in [0.25, 0.3) is 5.69 Å². The predicted molar refractivity (Wildman–Crippen MR) is 93.0 cm³/mol. The molecule has 1 aromatic carbocycles. The lowest BCUT2D eigenvalue weighted by atomic mass is 10.0. The van der Waals surface area contributed by atoms with Crippen molar-refractivity contribution in [3.05, 3.63) is 42.7 Å². The van der Waals surface area contributed by atoms with Crippen LogP contribution in [0.1, 0.15) is 25.7 Å². The highest BCUT2D eigenvalue weighted by atomic mass is 32.2. The van der Waals surface area contributed by atoms with E-state index in [1.807, 2.05) is 0 Å². The van der Waals surface area contributed by atoms with Crippen LogP contribution >= 0.6 is 0 Å². The molecule has 0 spiro atoms. The van der Waals surface area contributed by atoms with Gasteiger partial charge >= 0.3 is 0 Å². The van der Waals surface area contributed by atoms with Crippen LogP contribution in [0.2, 0.25) is 0 Å². The minimum absolute atomic E-state index is 0.0661. The number of nitrogens with one attached hydrogen (secondary N) is 1. The Balaban J connectivity index is 1.69. The van der Waals surface area contributed by atoms with E-state index < -0.39 is 15.6 Å². The summed E-state index contributed by atoms with van der Waals surface area (Å²) in [6.45, 7) is 0.375. The number of aromatic nitrogens is 2. The van der Waals surface area contributed by atoms with E-state index in [2.05, 4.69) is 9.82 Å². The summed E-state index contributed by atoms with van der Waals surface area (Å²) in [4.78, 5) is 0.207. The molecule has 0 bridgehead atoms. The molecule has 1 fully saturated rings. The molecular weight excluding hydrogens is 342 g/mol. The maximum Gasteiger partial charge on any atom is 0.240 e. The molecule has 1 aromatic heterocycles. The van der Waals surface area contributed by atoms with Crippen molar-refractivity contribution in [1.29, 1.82) is 0 Å². The number of ether oxygens (including phenoxy) is 1. The fourth-order valence-electron chi connectivity index (χ4n) is 3.16. The zero-order valence-corrected chi connectivity index (χ0v) is 14.8. The fraction of sp³-hybridized carbons (Fsp3) is 0.471. The molecule has 0 saturated heterocycles. The van der Waals surface area contributed by atoms with Gasteiger partial charge in [0.2, 0.25) is 10.0 Å². The summed E-state index contributed by atoms with van der Waals surface area (Å²) in [5.74, 6) is 0. The molecule has 0 atom stereocenters. The second-order valence-corrected chi connectivity index (χ2v) is 8.00. The summed E-state index contributed by atoms with van der Waals surface area (Å²) in [6.07, 6.45) is 7.07. The van der Waals surface area contributed by atoms with Crippen LogP contribution < -0.4 is 4.72 Å². The largest absolute Gasteiger partial charge is 0.394 e. The van der Waals surface area contributed by atoms with Gasteiger partial charge in [0.05, 0.1) is 29.4 Å². The van der Waals surface area contributed by atoms with Crippen molar-refractivity contribution in [2.45, 2.75) is 36.2 Å². The van der Waals surface area contributed by atoms with E-state index in [-0.39, 0.29) is 24.7 Å². The second-order valence-electron chi connectivity index (χ2n) is 6.23. The number of hydrogen-bond acceptors (Lipinski definition) is 5. The first-order chi connectivity index (χ1) is 12.0. The topological polar surface area (TPSA) is 93.5 Å². The van der Waals surface area contributed by atoms with Gasteiger partial charge in [-0.1, -0.05) is 12.8 Å². The van der Waals surface area contributed by atoms with Crippen molar-refractivity contribution in [1.82, 2.24) is 14.5 Å². The Labute approximate surface area is 147 Å². The van der Waals surface area contributed by atoms with Crippen molar-refractivity contribution < 1.29 is 18.3 Å². The molecule has 1 heterocycles. The van der Waals surface area contributed by atoms with Gasteiger partial charge in [0.25, 0.3) is 0 Å². The third-order valence-electron chi connectivity index (χ3n) is 4.51. The Bertz CT molecular complexity index is 767. The van der Waals surface area contributed by atoms with Crippen LogP contribution in [0.15, 0.2) is 47.6 Å². The van der Waals surface area contributed by atoms with E-state index in [4.69, 9.17) is 9.84 Å². The number of aliphatic hydroxyl groups is 1. The molecule has 0 amide bonds. The molecule has 1 aliphatic rings. The Morgan fingerprint density at radius 1 is 1.24 bits per heavy atom. The Morgan fingerprint density at radius 3 is 2.56 bits per heavy atom. The van der Waals surface area contributed by atoms with Crippen molar-refractivity contribution in [2.24, 2.45) is 0 Å². The molecule has 0 unspecified atom stereocenters. The van der Waals surface area contributed by atoms with Crippen molar-refractivity contribution in [3.63, 3.8) is 0 Å². The third-order valence-corrected chi connectivity index (χ3v) is 5.93. The molecule has 136 valence electrons. The normalized spacial score (nSPS) is 17.0. The second kappa shape index (κ2) is 7.65. The minimum Gasteiger partial charge on any atom is -0.394 e. The highest BCUT2D eigenvalue weighted by molar-refractivity contribution is 7.89.